The highest BCUT2D eigenvalue weighted by atomic mass is 35.5. The van der Waals surface area contributed by atoms with Crippen LogP contribution in [0.1, 0.15) is 10.5 Å². The van der Waals surface area contributed by atoms with Gasteiger partial charge in [0.25, 0.3) is 0 Å². The third kappa shape index (κ3) is 2.05. The van der Waals surface area contributed by atoms with Crippen molar-refractivity contribution in [2.45, 2.75) is 0 Å². The molecule has 0 radical (unpaired) electrons. The van der Waals surface area contributed by atoms with E-state index in [2.05, 4.69) is 4.98 Å². The lowest BCUT2D eigenvalue weighted by Crippen LogP contribution is -1.98. The summed E-state index contributed by atoms with van der Waals surface area (Å²) < 4.78 is 0. The zero-order valence-electron chi connectivity index (χ0n) is 10.2. The summed E-state index contributed by atoms with van der Waals surface area (Å²) in [6.45, 7) is 0. The van der Waals surface area contributed by atoms with Crippen molar-refractivity contribution in [1.82, 2.24) is 4.98 Å². The third-order valence-electron chi connectivity index (χ3n) is 3.12. The molecular formula is C15H9Cl2NO2. The average Bonchev–Trinajstić information content (AvgIpc) is 2.78. The fraction of sp³-hybridized carbons (Fsp3) is 0. The Labute approximate surface area is 124 Å². The number of halogens is 2. The molecule has 20 heavy (non-hydrogen) atoms. The van der Waals surface area contributed by atoms with E-state index in [1.807, 2.05) is 6.07 Å². The van der Waals surface area contributed by atoms with Crippen LogP contribution in [0.15, 0.2) is 42.5 Å². The minimum Gasteiger partial charge on any atom is -0.477 e. The van der Waals surface area contributed by atoms with Gasteiger partial charge < -0.3 is 10.1 Å². The van der Waals surface area contributed by atoms with Crippen molar-refractivity contribution in [2.75, 3.05) is 0 Å². The van der Waals surface area contributed by atoms with E-state index in [0.717, 1.165) is 5.39 Å². The zero-order valence-corrected chi connectivity index (χ0v) is 11.7. The molecule has 3 aromatic rings. The monoisotopic (exact) mass is 305 g/mol. The smallest absolute Gasteiger partial charge is 0.352 e. The van der Waals surface area contributed by atoms with E-state index in [9.17, 15) is 9.90 Å². The second-order valence-corrected chi connectivity index (χ2v) is 5.19. The lowest BCUT2D eigenvalue weighted by Gasteiger charge is -2.04. The van der Waals surface area contributed by atoms with Gasteiger partial charge in [0.2, 0.25) is 0 Å². The van der Waals surface area contributed by atoms with E-state index in [1.54, 1.807) is 36.4 Å². The van der Waals surface area contributed by atoms with Crippen molar-refractivity contribution >= 4 is 40.1 Å². The SMILES string of the molecule is O=C(O)c1[nH]c2ccc(Cl)cc2c1-c1ccccc1Cl. The van der Waals surface area contributed by atoms with Crippen LogP contribution in [-0.4, -0.2) is 16.1 Å². The highest BCUT2D eigenvalue weighted by molar-refractivity contribution is 6.34. The highest BCUT2D eigenvalue weighted by Crippen LogP contribution is 2.37. The third-order valence-corrected chi connectivity index (χ3v) is 3.68. The molecule has 0 atom stereocenters. The van der Waals surface area contributed by atoms with Gasteiger partial charge in [-0.3, -0.25) is 0 Å². The summed E-state index contributed by atoms with van der Waals surface area (Å²) in [4.78, 5) is 14.4. The van der Waals surface area contributed by atoms with Crippen LogP contribution in [0.4, 0.5) is 0 Å². The van der Waals surface area contributed by atoms with E-state index in [4.69, 9.17) is 23.2 Å². The van der Waals surface area contributed by atoms with Gasteiger partial charge in [-0.15, -0.1) is 0 Å². The Hall–Kier alpha value is -1.97. The van der Waals surface area contributed by atoms with Crippen LogP contribution in [0.25, 0.3) is 22.0 Å². The summed E-state index contributed by atoms with van der Waals surface area (Å²) >= 11 is 12.2. The molecule has 0 spiro atoms. The fourth-order valence-electron chi connectivity index (χ4n) is 2.27. The first kappa shape index (κ1) is 13.0. The molecule has 3 rings (SSSR count). The Balaban J connectivity index is 2.43. The summed E-state index contributed by atoms with van der Waals surface area (Å²) in [5.74, 6) is -1.03. The van der Waals surface area contributed by atoms with E-state index in [0.29, 0.717) is 26.7 Å². The number of aromatic amines is 1. The molecule has 0 aliphatic carbocycles. The molecule has 0 unspecified atom stereocenters. The van der Waals surface area contributed by atoms with Crippen molar-refractivity contribution in [3.8, 4) is 11.1 Å². The Morgan fingerprint density at radius 1 is 1.10 bits per heavy atom. The van der Waals surface area contributed by atoms with E-state index in [1.165, 1.54) is 0 Å². The number of H-pyrrole nitrogens is 1. The molecule has 1 heterocycles. The molecular weight excluding hydrogens is 297 g/mol. The van der Waals surface area contributed by atoms with Crippen LogP contribution < -0.4 is 0 Å². The van der Waals surface area contributed by atoms with Gasteiger partial charge in [-0.2, -0.15) is 0 Å². The summed E-state index contributed by atoms with van der Waals surface area (Å²) in [6, 6.07) is 12.3. The molecule has 0 aliphatic rings. The molecule has 5 heteroatoms. The van der Waals surface area contributed by atoms with Crippen molar-refractivity contribution in [3.05, 3.63) is 58.2 Å². The Morgan fingerprint density at radius 2 is 1.85 bits per heavy atom. The number of hydrogen-bond acceptors (Lipinski definition) is 1. The standard InChI is InChI=1S/C15H9Cl2NO2/c16-8-5-6-12-10(7-8)13(14(18-12)15(19)20)9-3-1-2-4-11(9)17/h1-7,18H,(H,19,20). The molecule has 0 amide bonds. The number of hydrogen-bond donors (Lipinski definition) is 2. The van der Waals surface area contributed by atoms with Crippen molar-refractivity contribution < 1.29 is 9.90 Å². The van der Waals surface area contributed by atoms with Crippen molar-refractivity contribution in [1.29, 1.82) is 0 Å². The van der Waals surface area contributed by atoms with E-state index < -0.39 is 5.97 Å². The summed E-state index contributed by atoms with van der Waals surface area (Å²) in [5, 5.41) is 11.2. The molecule has 0 saturated heterocycles. The lowest BCUT2D eigenvalue weighted by atomic mass is 10.0. The number of carbonyl (C=O) groups is 1. The number of aromatic carboxylic acids is 1. The maximum atomic E-state index is 11.5. The van der Waals surface area contributed by atoms with Gasteiger partial charge in [0, 0.05) is 32.1 Å². The Morgan fingerprint density at radius 3 is 2.55 bits per heavy atom. The number of rotatable bonds is 2. The molecule has 3 nitrogen and oxygen atoms in total. The van der Waals surface area contributed by atoms with Gasteiger partial charge in [0.1, 0.15) is 5.69 Å². The van der Waals surface area contributed by atoms with Gasteiger partial charge in [0.15, 0.2) is 0 Å². The van der Waals surface area contributed by atoms with E-state index >= 15 is 0 Å². The Kier molecular flexibility index (Phi) is 3.16. The minimum atomic E-state index is -1.03. The second-order valence-electron chi connectivity index (χ2n) is 4.35. The van der Waals surface area contributed by atoms with Gasteiger partial charge >= 0.3 is 5.97 Å². The predicted octanol–water partition coefficient (Wildman–Crippen LogP) is 4.84. The molecule has 0 saturated carbocycles. The molecule has 0 bridgehead atoms. The van der Waals surface area contributed by atoms with Crippen LogP contribution in [0.2, 0.25) is 10.0 Å². The molecule has 2 aromatic carbocycles. The van der Waals surface area contributed by atoms with Crippen LogP contribution in [0, 0.1) is 0 Å². The van der Waals surface area contributed by atoms with Crippen LogP contribution in [-0.2, 0) is 0 Å². The van der Waals surface area contributed by atoms with Crippen LogP contribution in [0.5, 0.6) is 0 Å². The number of fused-ring (bicyclic) bond motifs is 1. The van der Waals surface area contributed by atoms with Gasteiger partial charge in [-0.05, 0) is 24.3 Å². The number of benzene rings is 2. The average molecular weight is 306 g/mol. The fourth-order valence-corrected chi connectivity index (χ4v) is 2.67. The van der Waals surface area contributed by atoms with Crippen molar-refractivity contribution in [3.63, 3.8) is 0 Å². The maximum absolute atomic E-state index is 11.5. The lowest BCUT2D eigenvalue weighted by molar-refractivity contribution is 0.0692. The number of carboxylic acid groups (broad SMARTS) is 1. The number of aromatic nitrogens is 1. The Bertz CT molecular complexity index is 824. The molecule has 100 valence electrons. The summed E-state index contributed by atoms with van der Waals surface area (Å²) in [7, 11) is 0. The van der Waals surface area contributed by atoms with Gasteiger partial charge in [0.05, 0.1) is 0 Å². The summed E-state index contributed by atoms with van der Waals surface area (Å²) in [5.41, 5.74) is 2.04. The normalized spacial score (nSPS) is 10.9. The number of carboxylic acids is 1. The largest absolute Gasteiger partial charge is 0.477 e. The second kappa shape index (κ2) is 4.85. The quantitative estimate of drug-likeness (QED) is 0.711. The van der Waals surface area contributed by atoms with Crippen molar-refractivity contribution in [2.24, 2.45) is 0 Å². The minimum absolute atomic E-state index is 0.107. The first-order chi connectivity index (χ1) is 9.58. The highest BCUT2D eigenvalue weighted by Gasteiger charge is 2.20. The predicted molar refractivity (Wildman–Crippen MR) is 80.7 cm³/mol. The van der Waals surface area contributed by atoms with Gasteiger partial charge in [-0.1, -0.05) is 41.4 Å². The molecule has 0 fully saturated rings. The first-order valence-electron chi connectivity index (χ1n) is 5.87. The molecule has 2 N–H and O–H groups in total. The number of nitrogens with one attached hydrogen (secondary N) is 1. The van der Waals surface area contributed by atoms with E-state index in [-0.39, 0.29) is 5.69 Å². The van der Waals surface area contributed by atoms with Crippen LogP contribution in [0.3, 0.4) is 0 Å². The first-order valence-corrected chi connectivity index (χ1v) is 6.63. The van der Waals surface area contributed by atoms with Crippen LogP contribution >= 0.6 is 23.2 Å². The van der Waals surface area contributed by atoms with Gasteiger partial charge in [-0.25, -0.2) is 4.79 Å². The summed E-state index contributed by atoms with van der Waals surface area (Å²) in [6.07, 6.45) is 0. The topological polar surface area (TPSA) is 53.1 Å². The zero-order chi connectivity index (χ0) is 14.3. The molecule has 1 aromatic heterocycles. The molecule has 0 aliphatic heterocycles. The maximum Gasteiger partial charge on any atom is 0.352 e.